The Bertz CT molecular complexity index is 346. The van der Waals surface area contributed by atoms with Gasteiger partial charge in [0, 0.05) is 5.70 Å². The zero-order chi connectivity index (χ0) is 12.4. The minimum Gasteiger partial charge on any atom is -0.328 e. The maximum Gasteiger partial charge on any atom is 0.211 e. The summed E-state index contributed by atoms with van der Waals surface area (Å²) < 4.78 is 0. The first-order chi connectivity index (χ1) is 7.71. The first kappa shape index (κ1) is 14.2. The molecule has 2 heteroatoms. The summed E-state index contributed by atoms with van der Waals surface area (Å²) in [4.78, 5) is 10.5. The maximum absolute atomic E-state index is 10.5. The van der Waals surface area contributed by atoms with E-state index in [1.165, 1.54) is 0 Å². The van der Waals surface area contributed by atoms with E-state index in [0.29, 0.717) is 12.1 Å². The summed E-state index contributed by atoms with van der Waals surface area (Å²) in [6, 6.07) is 0. The highest BCUT2D eigenvalue weighted by atomic mass is 16.1. The lowest BCUT2D eigenvalue weighted by Crippen LogP contribution is -2.12. The third kappa shape index (κ3) is 4.60. The summed E-state index contributed by atoms with van der Waals surface area (Å²) >= 11 is 0. The van der Waals surface area contributed by atoms with Crippen LogP contribution in [0.1, 0.15) is 20.3 Å². The average Bonchev–Trinajstić information content (AvgIpc) is 2.29. The van der Waals surface area contributed by atoms with Crippen molar-refractivity contribution in [2.45, 2.75) is 20.3 Å². The average molecular weight is 217 g/mol. The van der Waals surface area contributed by atoms with Gasteiger partial charge in [0.25, 0.3) is 0 Å². The number of hydrogen-bond acceptors (Lipinski definition) is 1. The summed E-state index contributed by atoms with van der Waals surface area (Å²) in [6.07, 6.45) is 10.8. The molecule has 0 aliphatic heterocycles. The maximum atomic E-state index is 10.5. The van der Waals surface area contributed by atoms with Gasteiger partial charge in [-0.3, -0.25) is 4.79 Å². The minimum atomic E-state index is 0.642. The number of allylic oxidation sites excluding steroid dienone is 6. The van der Waals surface area contributed by atoms with Crippen molar-refractivity contribution in [1.82, 2.24) is 5.32 Å². The fraction of sp³-hybridized carbons (Fsp3) is 0.214. The third-order valence-corrected chi connectivity index (χ3v) is 2.08. The van der Waals surface area contributed by atoms with Gasteiger partial charge in [-0.1, -0.05) is 44.4 Å². The molecule has 0 atom stereocenters. The largest absolute Gasteiger partial charge is 0.328 e. The zero-order valence-electron chi connectivity index (χ0n) is 9.99. The van der Waals surface area contributed by atoms with E-state index in [1.807, 2.05) is 32.1 Å². The first-order valence-electron chi connectivity index (χ1n) is 5.25. The van der Waals surface area contributed by atoms with Crippen LogP contribution in [0.5, 0.6) is 0 Å². The molecule has 0 radical (unpaired) electrons. The van der Waals surface area contributed by atoms with Gasteiger partial charge < -0.3 is 5.32 Å². The van der Waals surface area contributed by atoms with Crippen molar-refractivity contribution >= 4 is 6.41 Å². The van der Waals surface area contributed by atoms with Crippen LogP contribution in [0.4, 0.5) is 0 Å². The molecule has 0 saturated carbocycles. The van der Waals surface area contributed by atoms with E-state index in [4.69, 9.17) is 0 Å². The molecule has 1 N–H and O–H groups in total. The minimum absolute atomic E-state index is 0.642. The van der Waals surface area contributed by atoms with Gasteiger partial charge in [-0.2, -0.15) is 0 Å². The summed E-state index contributed by atoms with van der Waals surface area (Å²) in [5.41, 5.74) is 2.58. The van der Waals surface area contributed by atoms with E-state index < -0.39 is 0 Å². The lowest BCUT2D eigenvalue weighted by molar-refractivity contribution is -0.108. The van der Waals surface area contributed by atoms with Crippen LogP contribution in [0.15, 0.2) is 60.4 Å². The highest BCUT2D eigenvalue weighted by Gasteiger charge is 2.04. The Morgan fingerprint density at radius 1 is 1.38 bits per heavy atom. The van der Waals surface area contributed by atoms with Crippen LogP contribution in [0, 0.1) is 0 Å². The number of carbonyl (C=O) groups is 1. The van der Waals surface area contributed by atoms with Gasteiger partial charge in [0.2, 0.25) is 6.41 Å². The van der Waals surface area contributed by atoms with Gasteiger partial charge in [0.05, 0.1) is 0 Å². The van der Waals surface area contributed by atoms with Crippen molar-refractivity contribution in [3.63, 3.8) is 0 Å². The van der Waals surface area contributed by atoms with Gasteiger partial charge in [0.1, 0.15) is 0 Å². The van der Waals surface area contributed by atoms with Crippen LogP contribution >= 0.6 is 0 Å². The summed E-state index contributed by atoms with van der Waals surface area (Å²) in [7, 11) is 0. The van der Waals surface area contributed by atoms with Gasteiger partial charge in [-0.25, -0.2) is 0 Å². The monoisotopic (exact) mass is 217 g/mol. The van der Waals surface area contributed by atoms with Crippen molar-refractivity contribution in [3.05, 3.63) is 60.4 Å². The highest BCUT2D eigenvalue weighted by molar-refractivity contribution is 5.57. The van der Waals surface area contributed by atoms with Gasteiger partial charge in [0.15, 0.2) is 0 Å². The van der Waals surface area contributed by atoms with Crippen LogP contribution < -0.4 is 5.32 Å². The number of carbonyl (C=O) groups excluding carboxylic acids is 1. The van der Waals surface area contributed by atoms with Crippen molar-refractivity contribution in [1.29, 1.82) is 0 Å². The number of hydrogen-bond donors (Lipinski definition) is 1. The van der Waals surface area contributed by atoms with E-state index in [2.05, 4.69) is 18.5 Å². The normalized spacial score (nSPS) is 12.6. The SMILES string of the molecule is C=C/C=C(/NC=O)C(=C)/C(=C/C=C\C)CC. The Morgan fingerprint density at radius 3 is 2.50 bits per heavy atom. The van der Waals surface area contributed by atoms with Gasteiger partial charge in [-0.15, -0.1) is 0 Å². The first-order valence-corrected chi connectivity index (χ1v) is 5.25. The number of rotatable bonds is 7. The topological polar surface area (TPSA) is 29.1 Å². The zero-order valence-corrected chi connectivity index (χ0v) is 9.99. The molecule has 2 nitrogen and oxygen atoms in total. The van der Waals surface area contributed by atoms with E-state index >= 15 is 0 Å². The summed E-state index contributed by atoms with van der Waals surface area (Å²) in [6.45, 7) is 11.6. The van der Waals surface area contributed by atoms with Crippen molar-refractivity contribution in [3.8, 4) is 0 Å². The molecule has 0 aliphatic rings. The number of nitrogens with one attached hydrogen (secondary N) is 1. The second kappa shape index (κ2) is 8.48. The smallest absolute Gasteiger partial charge is 0.211 e. The molecule has 0 spiro atoms. The Morgan fingerprint density at radius 2 is 2.06 bits per heavy atom. The molecule has 0 bridgehead atoms. The molecular weight excluding hydrogens is 198 g/mol. The van der Waals surface area contributed by atoms with Crippen LogP contribution in [-0.4, -0.2) is 6.41 Å². The molecule has 0 saturated heterocycles. The van der Waals surface area contributed by atoms with Crippen LogP contribution in [0.25, 0.3) is 0 Å². The van der Waals surface area contributed by atoms with E-state index in [0.717, 1.165) is 17.6 Å². The Hall–Kier alpha value is -1.83. The van der Waals surface area contributed by atoms with Gasteiger partial charge in [-0.05, 0) is 30.6 Å². The number of amides is 1. The molecule has 0 fully saturated rings. The van der Waals surface area contributed by atoms with E-state index in [1.54, 1.807) is 12.2 Å². The Kier molecular flexibility index (Phi) is 7.51. The second-order valence-corrected chi connectivity index (χ2v) is 3.13. The molecule has 0 aliphatic carbocycles. The van der Waals surface area contributed by atoms with Crippen molar-refractivity contribution < 1.29 is 4.79 Å². The fourth-order valence-corrected chi connectivity index (χ4v) is 1.23. The lowest BCUT2D eigenvalue weighted by Gasteiger charge is -2.11. The standard InChI is InChI=1S/C14H19NO/c1-5-8-10-13(7-3)12(4)14(9-6-2)15-11-16/h5-6,8-11H,2,4,7H2,1,3H3,(H,15,16)/b8-5-,13-10+,14-9+. The third-order valence-electron chi connectivity index (χ3n) is 2.08. The van der Waals surface area contributed by atoms with E-state index in [-0.39, 0.29) is 0 Å². The summed E-state index contributed by atoms with van der Waals surface area (Å²) in [5.74, 6) is 0. The van der Waals surface area contributed by atoms with Crippen LogP contribution in [-0.2, 0) is 4.79 Å². The molecule has 0 aromatic rings. The predicted molar refractivity (Wildman–Crippen MR) is 69.8 cm³/mol. The second-order valence-electron chi connectivity index (χ2n) is 3.13. The Labute approximate surface area is 97.7 Å². The quantitative estimate of drug-likeness (QED) is 0.514. The molecule has 1 amide bonds. The Balaban J connectivity index is 5.03. The molecule has 86 valence electrons. The molecule has 0 unspecified atom stereocenters. The van der Waals surface area contributed by atoms with Crippen LogP contribution in [0.2, 0.25) is 0 Å². The fourth-order valence-electron chi connectivity index (χ4n) is 1.23. The molecule has 0 heterocycles. The summed E-state index contributed by atoms with van der Waals surface area (Å²) in [5, 5.41) is 2.62. The van der Waals surface area contributed by atoms with E-state index in [9.17, 15) is 4.79 Å². The molecule has 0 rings (SSSR count). The van der Waals surface area contributed by atoms with Gasteiger partial charge >= 0.3 is 0 Å². The molecular formula is C14H19NO. The molecule has 0 aromatic carbocycles. The molecule has 16 heavy (non-hydrogen) atoms. The van der Waals surface area contributed by atoms with Crippen molar-refractivity contribution in [2.24, 2.45) is 0 Å². The van der Waals surface area contributed by atoms with Crippen molar-refractivity contribution in [2.75, 3.05) is 0 Å². The van der Waals surface area contributed by atoms with Crippen LogP contribution in [0.3, 0.4) is 0 Å². The lowest BCUT2D eigenvalue weighted by atomic mass is 10.0. The predicted octanol–water partition coefficient (Wildman–Crippen LogP) is 3.27. The molecule has 0 aromatic heterocycles. The highest BCUT2D eigenvalue weighted by Crippen LogP contribution is 2.18.